The zero-order valence-electron chi connectivity index (χ0n) is 24.9. The minimum Gasteiger partial charge on any atom is -0.485 e. The molecule has 1 heterocycles. The standard InChI is InChI=1S/C34H38N4O6/c1-22(2)26(19-31(40)35-14-8-11-23-9-4-3-5-10-23)34(43)38-28(20-32(41)42)29(39)21-44-30-18-25-13-7-6-12-24(25)17-27(30)33-36-15-16-37-33/h3-7,9-10,12-13,15-18,22,26,28H,8,11,14,19-21H2,1-2H3,(H,35,40)(H,36,37)(H,38,43)(H,41,42). The number of benzene rings is 3. The molecule has 0 aliphatic carbocycles. The largest absolute Gasteiger partial charge is 0.485 e. The molecule has 10 nitrogen and oxygen atoms in total. The predicted molar refractivity (Wildman–Crippen MR) is 167 cm³/mol. The Labute approximate surface area is 256 Å². The summed E-state index contributed by atoms with van der Waals surface area (Å²) in [5.41, 5.74) is 1.81. The summed E-state index contributed by atoms with van der Waals surface area (Å²) in [4.78, 5) is 58.2. The van der Waals surface area contributed by atoms with Gasteiger partial charge in [0, 0.05) is 31.3 Å². The van der Waals surface area contributed by atoms with Crippen molar-refractivity contribution in [2.75, 3.05) is 13.2 Å². The second-order valence-electron chi connectivity index (χ2n) is 11.0. The summed E-state index contributed by atoms with van der Waals surface area (Å²) < 4.78 is 5.92. The van der Waals surface area contributed by atoms with Crippen molar-refractivity contribution < 1.29 is 29.0 Å². The first-order chi connectivity index (χ1) is 21.2. The first-order valence-corrected chi connectivity index (χ1v) is 14.7. The number of aliphatic carboxylic acids is 1. The number of nitrogens with one attached hydrogen (secondary N) is 3. The van der Waals surface area contributed by atoms with Gasteiger partial charge in [-0.3, -0.25) is 19.2 Å². The van der Waals surface area contributed by atoms with Crippen molar-refractivity contribution in [3.8, 4) is 17.1 Å². The molecule has 0 bridgehead atoms. The van der Waals surface area contributed by atoms with Crippen LogP contribution in [0.1, 0.15) is 38.7 Å². The van der Waals surface area contributed by atoms with Crippen LogP contribution in [0.2, 0.25) is 0 Å². The van der Waals surface area contributed by atoms with E-state index in [-0.39, 0.29) is 18.2 Å². The maximum Gasteiger partial charge on any atom is 0.305 e. The van der Waals surface area contributed by atoms with Gasteiger partial charge < -0.3 is 25.5 Å². The van der Waals surface area contributed by atoms with Gasteiger partial charge in [-0.05, 0) is 47.2 Å². The van der Waals surface area contributed by atoms with Gasteiger partial charge in [-0.25, -0.2) is 4.98 Å². The summed E-state index contributed by atoms with van der Waals surface area (Å²) in [6.07, 6.45) is 4.15. The van der Waals surface area contributed by atoms with E-state index < -0.39 is 42.6 Å². The van der Waals surface area contributed by atoms with Crippen LogP contribution < -0.4 is 15.4 Å². The van der Waals surface area contributed by atoms with E-state index in [0.717, 1.165) is 23.6 Å². The third-order valence-electron chi connectivity index (χ3n) is 7.41. The van der Waals surface area contributed by atoms with Crippen LogP contribution in [0.4, 0.5) is 0 Å². The molecule has 4 rings (SSSR count). The Morgan fingerprint density at radius 3 is 2.32 bits per heavy atom. The molecule has 0 aliphatic heterocycles. The zero-order chi connectivity index (χ0) is 31.5. The molecule has 4 aromatic rings. The van der Waals surface area contributed by atoms with Crippen LogP contribution in [0, 0.1) is 11.8 Å². The van der Waals surface area contributed by atoms with Crippen molar-refractivity contribution in [2.45, 2.75) is 45.6 Å². The number of fused-ring (bicyclic) bond motifs is 1. The van der Waals surface area contributed by atoms with E-state index in [1.165, 1.54) is 5.56 Å². The quantitative estimate of drug-likeness (QED) is 0.138. The molecule has 0 fully saturated rings. The normalized spacial score (nSPS) is 12.4. The molecular formula is C34H38N4O6. The highest BCUT2D eigenvalue weighted by Gasteiger charge is 2.31. The van der Waals surface area contributed by atoms with Crippen LogP contribution >= 0.6 is 0 Å². The number of aromatic nitrogens is 2. The molecule has 10 heteroatoms. The number of hydrogen-bond acceptors (Lipinski definition) is 6. The number of nitrogens with zero attached hydrogens (tertiary/aromatic N) is 1. The number of ether oxygens (including phenoxy) is 1. The summed E-state index contributed by atoms with van der Waals surface area (Å²) >= 11 is 0. The molecular weight excluding hydrogens is 560 g/mol. The Morgan fingerprint density at radius 1 is 0.955 bits per heavy atom. The van der Waals surface area contributed by atoms with E-state index in [0.29, 0.717) is 23.7 Å². The Balaban J connectivity index is 1.38. The second kappa shape index (κ2) is 15.5. The Hall–Kier alpha value is -4.99. The number of amides is 2. The van der Waals surface area contributed by atoms with Gasteiger partial charge in [0.1, 0.15) is 24.2 Å². The van der Waals surface area contributed by atoms with Gasteiger partial charge in [0.05, 0.1) is 12.0 Å². The van der Waals surface area contributed by atoms with Crippen molar-refractivity contribution in [1.29, 1.82) is 0 Å². The Kier molecular flexibility index (Phi) is 11.2. The third-order valence-corrected chi connectivity index (χ3v) is 7.41. The molecule has 230 valence electrons. The van der Waals surface area contributed by atoms with Crippen LogP contribution in [0.15, 0.2) is 79.1 Å². The number of imidazole rings is 1. The van der Waals surface area contributed by atoms with Crippen molar-refractivity contribution in [3.05, 3.63) is 84.7 Å². The lowest BCUT2D eigenvalue weighted by molar-refractivity contribution is -0.141. The zero-order valence-corrected chi connectivity index (χ0v) is 24.9. The van der Waals surface area contributed by atoms with Crippen LogP contribution in [0.5, 0.6) is 5.75 Å². The number of carbonyl (C=O) groups is 4. The summed E-state index contributed by atoms with van der Waals surface area (Å²) in [6, 6.07) is 20.0. The van der Waals surface area contributed by atoms with Crippen molar-refractivity contribution >= 4 is 34.3 Å². The fraction of sp³-hybridized carbons (Fsp3) is 0.324. The highest BCUT2D eigenvalue weighted by atomic mass is 16.5. The number of hydrogen-bond donors (Lipinski definition) is 4. The van der Waals surface area contributed by atoms with E-state index in [4.69, 9.17) is 4.74 Å². The number of aryl methyl sites for hydroxylation is 1. The van der Waals surface area contributed by atoms with Gasteiger partial charge in [0.2, 0.25) is 11.8 Å². The number of rotatable bonds is 16. The van der Waals surface area contributed by atoms with Gasteiger partial charge in [-0.2, -0.15) is 0 Å². The predicted octanol–water partition coefficient (Wildman–Crippen LogP) is 4.55. The first kappa shape index (κ1) is 31.9. The molecule has 2 unspecified atom stereocenters. The van der Waals surface area contributed by atoms with E-state index in [2.05, 4.69) is 20.6 Å². The molecule has 1 aromatic heterocycles. The fourth-order valence-corrected chi connectivity index (χ4v) is 4.95. The van der Waals surface area contributed by atoms with Crippen molar-refractivity contribution in [2.24, 2.45) is 11.8 Å². The van der Waals surface area contributed by atoms with Crippen LogP contribution in [-0.2, 0) is 25.6 Å². The van der Waals surface area contributed by atoms with Gasteiger partial charge >= 0.3 is 5.97 Å². The van der Waals surface area contributed by atoms with E-state index >= 15 is 0 Å². The number of Topliss-reactive ketones (excluding diaryl/α,β-unsaturated/α-hetero) is 1. The molecule has 2 amide bonds. The lowest BCUT2D eigenvalue weighted by Gasteiger charge is -2.23. The molecule has 3 aromatic carbocycles. The maximum absolute atomic E-state index is 13.3. The summed E-state index contributed by atoms with van der Waals surface area (Å²) in [5, 5.41) is 16.8. The van der Waals surface area contributed by atoms with Crippen LogP contribution in [0.25, 0.3) is 22.2 Å². The molecule has 4 N–H and O–H groups in total. The third kappa shape index (κ3) is 9.00. The SMILES string of the molecule is CC(C)C(CC(=O)NCCCc1ccccc1)C(=O)NC(CC(=O)O)C(=O)COc1cc2ccccc2cc1-c1ncc[nH]1. The summed E-state index contributed by atoms with van der Waals surface area (Å²) in [7, 11) is 0. The number of H-pyrrole nitrogens is 1. The van der Waals surface area contributed by atoms with E-state index in [1.54, 1.807) is 32.3 Å². The van der Waals surface area contributed by atoms with E-state index in [1.807, 2.05) is 60.7 Å². The smallest absolute Gasteiger partial charge is 0.305 e. The van der Waals surface area contributed by atoms with Gasteiger partial charge in [-0.1, -0.05) is 68.4 Å². The Bertz CT molecular complexity index is 1570. The number of ketones is 1. The number of carboxylic acids is 1. The average molecular weight is 599 g/mol. The van der Waals surface area contributed by atoms with Crippen molar-refractivity contribution in [1.82, 2.24) is 20.6 Å². The van der Waals surface area contributed by atoms with Crippen molar-refractivity contribution in [3.63, 3.8) is 0 Å². The number of aromatic amines is 1. The molecule has 0 aliphatic rings. The topological polar surface area (TPSA) is 150 Å². The highest BCUT2D eigenvalue weighted by molar-refractivity contribution is 5.95. The molecule has 0 spiro atoms. The Morgan fingerprint density at radius 2 is 1.66 bits per heavy atom. The van der Waals surface area contributed by atoms with Crippen LogP contribution in [0.3, 0.4) is 0 Å². The average Bonchev–Trinajstić information content (AvgIpc) is 3.55. The summed E-state index contributed by atoms with van der Waals surface area (Å²) in [6.45, 7) is 3.60. The molecule has 0 saturated carbocycles. The van der Waals surface area contributed by atoms with Gasteiger partial charge in [0.15, 0.2) is 5.78 Å². The fourth-order valence-electron chi connectivity index (χ4n) is 4.95. The lowest BCUT2D eigenvalue weighted by atomic mass is 9.90. The summed E-state index contributed by atoms with van der Waals surface area (Å²) in [5.74, 6) is -2.73. The molecule has 0 radical (unpaired) electrons. The van der Waals surface area contributed by atoms with Gasteiger partial charge in [0.25, 0.3) is 0 Å². The molecule has 2 atom stereocenters. The number of carbonyl (C=O) groups excluding carboxylic acids is 3. The monoisotopic (exact) mass is 598 g/mol. The lowest BCUT2D eigenvalue weighted by Crippen LogP contribution is -2.48. The first-order valence-electron chi connectivity index (χ1n) is 14.7. The van der Waals surface area contributed by atoms with E-state index in [9.17, 15) is 24.3 Å². The maximum atomic E-state index is 13.3. The minimum atomic E-state index is -1.33. The van der Waals surface area contributed by atoms with Gasteiger partial charge in [-0.15, -0.1) is 0 Å². The number of carboxylic acid groups (broad SMARTS) is 1. The second-order valence-corrected chi connectivity index (χ2v) is 11.0. The molecule has 44 heavy (non-hydrogen) atoms. The highest BCUT2D eigenvalue weighted by Crippen LogP contribution is 2.32. The minimum absolute atomic E-state index is 0.0804. The molecule has 0 saturated heterocycles. The van der Waals surface area contributed by atoms with Crippen LogP contribution in [-0.4, -0.2) is 57.8 Å².